The number of carbonyl (C=O) groups excluding carboxylic acids is 2. The van der Waals surface area contributed by atoms with Crippen molar-refractivity contribution in [3.05, 3.63) is 62.9 Å². The molecular formula is C23H18Cl2N2O4. The largest absolute Gasteiger partial charge is 0.457 e. The fourth-order valence-corrected chi connectivity index (χ4v) is 4.20. The maximum absolute atomic E-state index is 13.1. The molecule has 1 fully saturated rings. The average Bonchev–Trinajstić information content (AvgIpc) is 3.41. The van der Waals surface area contributed by atoms with Crippen molar-refractivity contribution in [2.75, 3.05) is 13.2 Å². The zero-order chi connectivity index (χ0) is 22.1. The number of rotatable bonds is 4. The summed E-state index contributed by atoms with van der Waals surface area (Å²) in [5.41, 5.74) is 1.16. The Morgan fingerprint density at radius 2 is 2.03 bits per heavy atom. The normalized spacial score (nSPS) is 20.6. The Hall–Kier alpha value is -2.85. The molecule has 0 bridgehead atoms. The van der Waals surface area contributed by atoms with E-state index in [0.717, 1.165) is 17.7 Å². The lowest BCUT2D eigenvalue weighted by Gasteiger charge is -2.29. The Kier molecular flexibility index (Phi) is 6.01. The summed E-state index contributed by atoms with van der Waals surface area (Å²) in [7, 11) is 0. The molecule has 0 aliphatic carbocycles. The van der Waals surface area contributed by atoms with Crippen molar-refractivity contribution in [2.24, 2.45) is 0 Å². The molecule has 2 amide bonds. The van der Waals surface area contributed by atoms with E-state index in [0.29, 0.717) is 39.3 Å². The van der Waals surface area contributed by atoms with Crippen LogP contribution in [0, 0.1) is 11.3 Å². The fourth-order valence-electron chi connectivity index (χ4n) is 3.69. The Balaban J connectivity index is 1.69. The highest BCUT2D eigenvalue weighted by molar-refractivity contribution is 6.36. The van der Waals surface area contributed by atoms with Crippen LogP contribution in [0.3, 0.4) is 0 Å². The van der Waals surface area contributed by atoms with Gasteiger partial charge in [0.05, 0.1) is 17.7 Å². The SMILES string of the molecule is CC1=C(C#N)C(=O)N(C[C@H]2CCCO2)C(=O)/C1=C\c1ccc(-c2ccc(Cl)cc2Cl)o1. The summed E-state index contributed by atoms with van der Waals surface area (Å²) in [5.74, 6) is -0.163. The number of halogens is 2. The van der Waals surface area contributed by atoms with E-state index < -0.39 is 11.8 Å². The molecule has 1 aromatic heterocycles. The minimum atomic E-state index is -0.592. The third-order valence-corrected chi connectivity index (χ3v) is 5.89. The Morgan fingerprint density at radius 1 is 1.23 bits per heavy atom. The number of hydrogen-bond acceptors (Lipinski definition) is 5. The van der Waals surface area contributed by atoms with Crippen LogP contribution < -0.4 is 0 Å². The van der Waals surface area contributed by atoms with Crippen LogP contribution in [0.15, 0.2) is 51.5 Å². The molecule has 1 aromatic carbocycles. The quantitative estimate of drug-likeness (QED) is 0.475. The molecule has 8 heteroatoms. The summed E-state index contributed by atoms with van der Waals surface area (Å²) in [4.78, 5) is 26.9. The highest BCUT2D eigenvalue weighted by Gasteiger charge is 2.37. The average molecular weight is 457 g/mol. The second-order valence-corrected chi connectivity index (χ2v) is 8.20. The number of hydrogen-bond donors (Lipinski definition) is 0. The lowest BCUT2D eigenvalue weighted by Crippen LogP contribution is -2.46. The van der Waals surface area contributed by atoms with Gasteiger partial charge in [-0.3, -0.25) is 14.5 Å². The van der Waals surface area contributed by atoms with E-state index in [9.17, 15) is 14.9 Å². The number of amides is 2. The van der Waals surface area contributed by atoms with Gasteiger partial charge >= 0.3 is 0 Å². The Labute approximate surface area is 189 Å². The van der Waals surface area contributed by atoms with Gasteiger partial charge in [0.2, 0.25) is 0 Å². The molecule has 0 spiro atoms. The molecule has 2 aromatic rings. The summed E-state index contributed by atoms with van der Waals surface area (Å²) in [5, 5.41) is 10.5. The highest BCUT2D eigenvalue weighted by Crippen LogP contribution is 2.33. The van der Waals surface area contributed by atoms with E-state index in [2.05, 4.69) is 0 Å². The molecule has 3 heterocycles. The van der Waals surface area contributed by atoms with Crippen LogP contribution in [-0.4, -0.2) is 36.0 Å². The van der Waals surface area contributed by atoms with E-state index in [1.807, 2.05) is 6.07 Å². The molecule has 1 atom stereocenters. The van der Waals surface area contributed by atoms with Crippen molar-refractivity contribution in [1.29, 1.82) is 5.26 Å². The second-order valence-electron chi connectivity index (χ2n) is 7.35. The number of nitrogens with zero attached hydrogens (tertiary/aromatic N) is 2. The highest BCUT2D eigenvalue weighted by atomic mass is 35.5. The number of carbonyl (C=O) groups is 2. The van der Waals surface area contributed by atoms with Crippen LogP contribution in [0.4, 0.5) is 0 Å². The van der Waals surface area contributed by atoms with Crippen molar-refractivity contribution in [2.45, 2.75) is 25.9 Å². The first-order valence-electron chi connectivity index (χ1n) is 9.75. The second kappa shape index (κ2) is 8.72. The number of nitriles is 1. The molecule has 1 saturated heterocycles. The third kappa shape index (κ3) is 4.17. The van der Waals surface area contributed by atoms with E-state index in [4.69, 9.17) is 32.4 Å². The summed E-state index contributed by atoms with van der Waals surface area (Å²) < 4.78 is 11.4. The van der Waals surface area contributed by atoms with Crippen LogP contribution in [0.2, 0.25) is 10.0 Å². The molecule has 0 N–H and O–H groups in total. The monoisotopic (exact) mass is 456 g/mol. The minimum absolute atomic E-state index is 0.0589. The van der Waals surface area contributed by atoms with Crippen LogP contribution in [0.5, 0.6) is 0 Å². The van der Waals surface area contributed by atoms with Crippen LogP contribution in [0.1, 0.15) is 25.5 Å². The van der Waals surface area contributed by atoms with Gasteiger partial charge in [-0.25, -0.2) is 0 Å². The number of ether oxygens (including phenoxy) is 1. The molecule has 0 unspecified atom stereocenters. The zero-order valence-electron chi connectivity index (χ0n) is 16.7. The molecular weight excluding hydrogens is 439 g/mol. The molecule has 0 saturated carbocycles. The molecule has 0 radical (unpaired) electrons. The molecule has 2 aliphatic rings. The van der Waals surface area contributed by atoms with Crippen molar-refractivity contribution >= 4 is 41.1 Å². The minimum Gasteiger partial charge on any atom is -0.457 e. The number of benzene rings is 1. The topological polar surface area (TPSA) is 83.5 Å². The third-order valence-electron chi connectivity index (χ3n) is 5.35. The van der Waals surface area contributed by atoms with Crippen LogP contribution in [0.25, 0.3) is 17.4 Å². The zero-order valence-corrected chi connectivity index (χ0v) is 18.2. The van der Waals surface area contributed by atoms with Gasteiger partial charge in [0.25, 0.3) is 11.8 Å². The molecule has 6 nitrogen and oxygen atoms in total. The van der Waals surface area contributed by atoms with Gasteiger partial charge in [0.15, 0.2) is 0 Å². The van der Waals surface area contributed by atoms with E-state index in [1.165, 1.54) is 6.08 Å². The van der Waals surface area contributed by atoms with Crippen molar-refractivity contribution < 1.29 is 18.7 Å². The van der Waals surface area contributed by atoms with Gasteiger partial charge in [-0.1, -0.05) is 23.2 Å². The van der Waals surface area contributed by atoms with E-state index >= 15 is 0 Å². The summed E-state index contributed by atoms with van der Waals surface area (Å²) >= 11 is 12.2. The van der Waals surface area contributed by atoms with Gasteiger partial charge in [-0.2, -0.15) is 5.26 Å². The number of furan rings is 1. The van der Waals surface area contributed by atoms with Gasteiger partial charge in [0.1, 0.15) is 23.2 Å². The van der Waals surface area contributed by atoms with Crippen LogP contribution >= 0.6 is 23.2 Å². The molecule has 31 heavy (non-hydrogen) atoms. The number of imide groups is 1. The first-order valence-corrected chi connectivity index (χ1v) is 10.5. The Morgan fingerprint density at radius 3 is 2.71 bits per heavy atom. The van der Waals surface area contributed by atoms with Gasteiger partial charge in [-0.05, 0) is 61.7 Å². The molecule has 2 aliphatic heterocycles. The Bertz CT molecular complexity index is 1170. The van der Waals surface area contributed by atoms with Crippen molar-refractivity contribution in [1.82, 2.24) is 4.90 Å². The lowest BCUT2D eigenvalue weighted by atomic mass is 9.94. The maximum atomic E-state index is 13.1. The lowest BCUT2D eigenvalue weighted by molar-refractivity contribution is -0.142. The van der Waals surface area contributed by atoms with E-state index in [1.54, 1.807) is 37.3 Å². The van der Waals surface area contributed by atoms with Gasteiger partial charge in [-0.15, -0.1) is 0 Å². The summed E-state index contributed by atoms with van der Waals surface area (Å²) in [6, 6.07) is 10.4. The van der Waals surface area contributed by atoms with Crippen LogP contribution in [-0.2, 0) is 14.3 Å². The van der Waals surface area contributed by atoms with Gasteiger partial charge in [0, 0.05) is 22.8 Å². The van der Waals surface area contributed by atoms with Crippen molar-refractivity contribution in [3.63, 3.8) is 0 Å². The first kappa shape index (κ1) is 21.4. The fraction of sp³-hybridized carbons (Fsp3) is 0.261. The predicted molar refractivity (Wildman–Crippen MR) is 116 cm³/mol. The predicted octanol–water partition coefficient (Wildman–Crippen LogP) is 5.02. The summed E-state index contributed by atoms with van der Waals surface area (Å²) in [6.07, 6.45) is 2.97. The smallest absolute Gasteiger partial charge is 0.271 e. The van der Waals surface area contributed by atoms with Gasteiger partial charge < -0.3 is 9.15 Å². The van der Waals surface area contributed by atoms with E-state index in [-0.39, 0.29) is 23.8 Å². The first-order chi connectivity index (χ1) is 14.9. The maximum Gasteiger partial charge on any atom is 0.271 e. The van der Waals surface area contributed by atoms with Crippen molar-refractivity contribution in [3.8, 4) is 17.4 Å². The summed E-state index contributed by atoms with van der Waals surface area (Å²) in [6.45, 7) is 2.31. The molecule has 4 rings (SSSR count). The molecule has 158 valence electrons. The standard InChI is InChI=1S/C23H18Cl2N2O4/c1-13-18(10-15-5-7-21(31-15)17-6-4-14(24)9-20(17)25)22(28)27(23(29)19(13)11-26)12-16-3-2-8-30-16/h4-7,9-10,16H,2-3,8,12H2,1H3/b18-10-/t16-/m1/s1.